The number of nitrogens with zero attached hydrogens (tertiary/aromatic N) is 2. The average molecular weight is 705 g/mol. The van der Waals surface area contributed by atoms with Gasteiger partial charge in [0.1, 0.15) is 16.7 Å². The molecule has 2 aromatic heterocycles. The van der Waals surface area contributed by atoms with Crippen molar-refractivity contribution in [2.75, 3.05) is 4.90 Å². The number of benzene rings is 9. The summed E-state index contributed by atoms with van der Waals surface area (Å²) in [6, 6.07) is 68.3. The van der Waals surface area contributed by atoms with Crippen LogP contribution in [0.5, 0.6) is 0 Å². The van der Waals surface area contributed by atoms with Crippen LogP contribution in [0.1, 0.15) is 0 Å². The Bertz CT molecular complexity index is 3200. The molecule has 0 bridgehead atoms. The molecule has 11 aromatic rings. The van der Waals surface area contributed by atoms with Gasteiger partial charge in [-0.15, -0.1) is 0 Å². The highest BCUT2D eigenvalue weighted by atomic mass is 16.3. The van der Waals surface area contributed by atoms with E-state index in [0.717, 1.165) is 66.8 Å². The van der Waals surface area contributed by atoms with Crippen molar-refractivity contribution in [3.05, 3.63) is 194 Å². The zero-order valence-electron chi connectivity index (χ0n) is 29.7. The van der Waals surface area contributed by atoms with Gasteiger partial charge in [-0.25, -0.2) is 4.98 Å². The Morgan fingerprint density at radius 3 is 1.82 bits per heavy atom. The molecular formula is C51H32N2O2. The molecule has 0 unspecified atom stereocenters. The lowest BCUT2D eigenvalue weighted by atomic mass is 10.00. The van der Waals surface area contributed by atoms with E-state index in [9.17, 15) is 0 Å². The van der Waals surface area contributed by atoms with E-state index < -0.39 is 0 Å². The second-order valence-electron chi connectivity index (χ2n) is 14.0. The molecule has 11 rings (SSSR count). The monoisotopic (exact) mass is 704 g/mol. The maximum absolute atomic E-state index is 6.36. The van der Waals surface area contributed by atoms with Crippen LogP contribution in [0.15, 0.2) is 203 Å². The molecule has 0 aliphatic heterocycles. The molecule has 0 fully saturated rings. The van der Waals surface area contributed by atoms with Crippen molar-refractivity contribution in [2.45, 2.75) is 0 Å². The topological polar surface area (TPSA) is 42.4 Å². The number of anilines is 3. The quantitative estimate of drug-likeness (QED) is 0.173. The Morgan fingerprint density at radius 1 is 0.364 bits per heavy atom. The molecule has 4 nitrogen and oxygen atoms in total. The molecular weight excluding hydrogens is 673 g/mol. The minimum Gasteiger partial charge on any atom is -0.456 e. The van der Waals surface area contributed by atoms with Gasteiger partial charge in [0.05, 0.1) is 5.69 Å². The summed E-state index contributed by atoms with van der Waals surface area (Å²) < 4.78 is 12.5. The van der Waals surface area contributed by atoms with E-state index in [1.54, 1.807) is 0 Å². The van der Waals surface area contributed by atoms with Crippen molar-refractivity contribution in [3.63, 3.8) is 0 Å². The first-order valence-corrected chi connectivity index (χ1v) is 18.5. The van der Waals surface area contributed by atoms with Crippen LogP contribution in [0.4, 0.5) is 17.1 Å². The maximum atomic E-state index is 6.36. The van der Waals surface area contributed by atoms with Crippen molar-refractivity contribution in [1.82, 2.24) is 4.98 Å². The maximum Gasteiger partial charge on any atom is 0.227 e. The predicted octanol–water partition coefficient (Wildman–Crippen LogP) is 14.5. The van der Waals surface area contributed by atoms with E-state index in [-0.39, 0.29) is 0 Å². The van der Waals surface area contributed by atoms with E-state index in [0.29, 0.717) is 5.89 Å². The minimum absolute atomic E-state index is 0.565. The Kier molecular flexibility index (Phi) is 7.14. The van der Waals surface area contributed by atoms with Crippen molar-refractivity contribution in [2.24, 2.45) is 0 Å². The fourth-order valence-electron chi connectivity index (χ4n) is 7.96. The third-order valence-electron chi connectivity index (χ3n) is 10.7. The van der Waals surface area contributed by atoms with Gasteiger partial charge in [0.15, 0.2) is 5.58 Å². The van der Waals surface area contributed by atoms with Crippen LogP contribution in [-0.4, -0.2) is 4.98 Å². The molecule has 0 spiro atoms. The average Bonchev–Trinajstić information content (AvgIpc) is 3.86. The lowest BCUT2D eigenvalue weighted by Gasteiger charge is -2.27. The van der Waals surface area contributed by atoms with E-state index in [2.05, 4.69) is 163 Å². The third kappa shape index (κ3) is 5.34. The molecule has 0 atom stereocenters. The van der Waals surface area contributed by atoms with Gasteiger partial charge in [0.2, 0.25) is 5.89 Å². The van der Waals surface area contributed by atoms with Gasteiger partial charge in [0.25, 0.3) is 0 Å². The van der Waals surface area contributed by atoms with Gasteiger partial charge in [-0.3, -0.25) is 0 Å². The fraction of sp³-hybridized carbons (Fsp3) is 0. The first-order valence-electron chi connectivity index (χ1n) is 18.5. The molecule has 0 aliphatic carbocycles. The molecule has 55 heavy (non-hydrogen) atoms. The molecule has 0 N–H and O–H groups in total. The number of hydrogen-bond acceptors (Lipinski definition) is 4. The Morgan fingerprint density at radius 2 is 0.982 bits per heavy atom. The number of oxazole rings is 1. The summed E-state index contributed by atoms with van der Waals surface area (Å²) in [4.78, 5) is 7.38. The molecule has 0 amide bonds. The second-order valence-corrected chi connectivity index (χ2v) is 14.0. The van der Waals surface area contributed by atoms with E-state index in [1.807, 2.05) is 36.4 Å². The molecule has 0 saturated heterocycles. The number of hydrogen-bond donors (Lipinski definition) is 0. The Labute approximate surface area is 317 Å². The standard InChI is InChI=1S/C51H32N2O2/c1-2-11-37-31-38(20-19-33(37)9-1)34-21-26-40(27-22-34)53(46-16-7-12-35-10-3-4-13-42(35)46)41-28-23-36(24-29-41)43-15-8-18-48-50(43)52-51(55-48)39-25-30-45-44-14-5-6-17-47(44)54-49(45)32-39/h1-32H. The smallest absolute Gasteiger partial charge is 0.227 e. The van der Waals surface area contributed by atoms with Gasteiger partial charge < -0.3 is 13.7 Å². The molecule has 258 valence electrons. The third-order valence-corrected chi connectivity index (χ3v) is 10.7. The van der Waals surface area contributed by atoms with E-state index >= 15 is 0 Å². The van der Waals surface area contributed by atoms with Gasteiger partial charge in [0, 0.05) is 38.7 Å². The van der Waals surface area contributed by atoms with Crippen molar-refractivity contribution < 1.29 is 8.83 Å². The zero-order valence-corrected chi connectivity index (χ0v) is 29.7. The highest BCUT2D eigenvalue weighted by Gasteiger charge is 2.18. The van der Waals surface area contributed by atoms with Crippen LogP contribution in [0, 0.1) is 0 Å². The number of fused-ring (bicyclic) bond motifs is 6. The lowest BCUT2D eigenvalue weighted by molar-refractivity contribution is 0.619. The zero-order chi connectivity index (χ0) is 36.3. The molecule has 9 aromatic carbocycles. The highest BCUT2D eigenvalue weighted by molar-refractivity contribution is 6.06. The normalized spacial score (nSPS) is 11.6. The van der Waals surface area contributed by atoms with Crippen LogP contribution < -0.4 is 4.90 Å². The van der Waals surface area contributed by atoms with Crippen LogP contribution in [-0.2, 0) is 0 Å². The SMILES string of the molecule is c1ccc2cc(-c3ccc(N(c4ccc(-c5cccc6oc(-c7ccc8c(c7)oc7ccccc78)nc56)cc4)c4cccc5ccccc45)cc3)ccc2c1. The molecule has 0 saturated carbocycles. The van der Waals surface area contributed by atoms with E-state index in [1.165, 1.54) is 32.7 Å². The summed E-state index contributed by atoms with van der Waals surface area (Å²) in [6.45, 7) is 0. The summed E-state index contributed by atoms with van der Waals surface area (Å²) in [5, 5.41) is 7.05. The Balaban J connectivity index is 0.972. The van der Waals surface area contributed by atoms with Gasteiger partial charge >= 0.3 is 0 Å². The molecule has 0 aliphatic rings. The van der Waals surface area contributed by atoms with Crippen molar-refractivity contribution in [1.29, 1.82) is 0 Å². The van der Waals surface area contributed by atoms with Crippen molar-refractivity contribution in [3.8, 4) is 33.7 Å². The lowest BCUT2D eigenvalue weighted by Crippen LogP contribution is -2.10. The number of rotatable bonds is 6. The summed E-state index contributed by atoms with van der Waals surface area (Å²) >= 11 is 0. The second kappa shape index (κ2) is 12.6. The highest BCUT2D eigenvalue weighted by Crippen LogP contribution is 2.41. The minimum atomic E-state index is 0.565. The molecule has 2 heterocycles. The van der Waals surface area contributed by atoms with Crippen LogP contribution in [0.25, 0.3) is 88.3 Å². The van der Waals surface area contributed by atoms with Gasteiger partial charge in [-0.05, 0) is 99.6 Å². The Hall–Kier alpha value is -7.43. The summed E-state index contributed by atoms with van der Waals surface area (Å²) in [6.07, 6.45) is 0. The summed E-state index contributed by atoms with van der Waals surface area (Å²) in [5.41, 5.74) is 11.8. The summed E-state index contributed by atoms with van der Waals surface area (Å²) in [7, 11) is 0. The first-order chi connectivity index (χ1) is 27.2. The number of para-hydroxylation sites is 2. The van der Waals surface area contributed by atoms with Crippen LogP contribution in [0.2, 0.25) is 0 Å². The van der Waals surface area contributed by atoms with Gasteiger partial charge in [-0.1, -0.05) is 127 Å². The number of furan rings is 1. The molecule has 4 heteroatoms. The predicted molar refractivity (Wildman–Crippen MR) is 227 cm³/mol. The summed E-state index contributed by atoms with van der Waals surface area (Å²) in [5.74, 6) is 0.565. The van der Waals surface area contributed by atoms with Crippen molar-refractivity contribution >= 4 is 71.6 Å². The van der Waals surface area contributed by atoms with E-state index in [4.69, 9.17) is 13.8 Å². The molecule has 0 radical (unpaired) electrons. The number of aromatic nitrogens is 1. The van der Waals surface area contributed by atoms with Gasteiger partial charge in [-0.2, -0.15) is 0 Å². The largest absolute Gasteiger partial charge is 0.456 e. The van der Waals surface area contributed by atoms with Crippen LogP contribution >= 0.6 is 0 Å². The van der Waals surface area contributed by atoms with Crippen LogP contribution in [0.3, 0.4) is 0 Å². The first kappa shape index (κ1) is 31.1. The fourth-order valence-corrected chi connectivity index (χ4v) is 7.96.